The second kappa shape index (κ2) is 8.59. The third-order valence-electron chi connectivity index (χ3n) is 8.35. The van der Waals surface area contributed by atoms with E-state index in [1.165, 1.54) is 64.2 Å². The lowest BCUT2D eigenvalue weighted by molar-refractivity contribution is 0.0937. The van der Waals surface area contributed by atoms with Crippen molar-refractivity contribution in [3.63, 3.8) is 0 Å². The quantitative estimate of drug-likeness (QED) is 0.418. The van der Waals surface area contributed by atoms with Crippen LogP contribution >= 0.6 is 0 Å². The van der Waals surface area contributed by atoms with Crippen molar-refractivity contribution < 1.29 is 0 Å². The average Bonchev–Trinajstić information content (AvgIpc) is 2.60. The van der Waals surface area contributed by atoms with Crippen LogP contribution in [0.3, 0.4) is 0 Å². The summed E-state index contributed by atoms with van der Waals surface area (Å²) in [6, 6.07) is 0. The second-order valence-electron chi connectivity index (χ2n) is 10.5. The highest BCUT2D eigenvalue weighted by atomic mass is 14.4. The summed E-state index contributed by atoms with van der Waals surface area (Å²) in [5.41, 5.74) is 1.67. The molecule has 4 aliphatic rings. The molecule has 4 rings (SSSR count). The van der Waals surface area contributed by atoms with E-state index < -0.39 is 0 Å². The Labute approximate surface area is 152 Å². The lowest BCUT2D eigenvalue weighted by Crippen LogP contribution is -2.29. The van der Waals surface area contributed by atoms with Crippen molar-refractivity contribution in [3.8, 4) is 0 Å². The zero-order valence-corrected chi connectivity index (χ0v) is 16.9. The van der Waals surface area contributed by atoms with Crippen LogP contribution < -0.4 is 0 Å². The molecule has 4 fully saturated rings. The largest absolute Gasteiger partial charge is 0.0625 e. The molecule has 0 aromatic rings. The summed E-state index contributed by atoms with van der Waals surface area (Å²) in [6.07, 6.45) is 27.6. The van der Waals surface area contributed by atoms with E-state index in [0.717, 1.165) is 22.7 Å². The molecule has 0 amide bonds. The Morgan fingerprint density at radius 2 is 0.958 bits per heavy atom. The highest BCUT2D eigenvalue weighted by Gasteiger charge is 2.36. The fraction of sp³-hybridized carbons (Fsp3) is 1.00. The minimum atomic E-state index is 0.829. The predicted molar refractivity (Wildman–Crippen MR) is 106 cm³/mol. The summed E-state index contributed by atoms with van der Waals surface area (Å²) < 4.78 is 0. The molecule has 4 aliphatic carbocycles. The van der Waals surface area contributed by atoms with Crippen molar-refractivity contribution in [1.82, 2.24) is 0 Å². The molecule has 0 aromatic heterocycles. The monoisotopic (exact) mass is 332 g/mol. The predicted octanol–water partition coefficient (Wildman–Crippen LogP) is 8.29. The molecule has 140 valence electrons. The molecule has 1 atom stereocenters. The molecule has 0 N–H and O–H groups in total. The van der Waals surface area contributed by atoms with Gasteiger partial charge >= 0.3 is 0 Å². The van der Waals surface area contributed by atoms with Gasteiger partial charge in [0, 0.05) is 0 Å². The van der Waals surface area contributed by atoms with Gasteiger partial charge in [0.15, 0.2) is 0 Å². The van der Waals surface area contributed by atoms with Gasteiger partial charge in [-0.3, -0.25) is 0 Å². The van der Waals surface area contributed by atoms with Crippen molar-refractivity contribution in [2.75, 3.05) is 0 Å². The molecule has 1 unspecified atom stereocenters. The number of rotatable bonds is 0. The SMILES string of the molecule is CC1CCC2(CCCCC2)CC1.CC1CCCC2(CCCCC2)C1. The molecule has 0 saturated heterocycles. The molecule has 0 radical (unpaired) electrons. The van der Waals surface area contributed by atoms with Crippen LogP contribution in [0.4, 0.5) is 0 Å². The zero-order valence-electron chi connectivity index (χ0n) is 16.9. The summed E-state index contributed by atoms with van der Waals surface area (Å²) >= 11 is 0. The van der Waals surface area contributed by atoms with Crippen molar-refractivity contribution in [2.24, 2.45) is 22.7 Å². The molecular formula is C24H44. The third kappa shape index (κ3) is 5.01. The Morgan fingerprint density at radius 1 is 0.458 bits per heavy atom. The first-order chi connectivity index (χ1) is 11.6. The summed E-state index contributed by atoms with van der Waals surface area (Å²) in [4.78, 5) is 0. The Balaban J connectivity index is 0.000000141. The zero-order chi connectivity index (χ0) is 16.9. The maximum Gasteiger partial charge on any atom is -0.0295 e. The first-order valence-corrected chi connectivity index (χ1v) is 11.6. The standard InChI is InChI=1S/2C12H22/c1-11-5-9-12(10-6-11)7-3-2-4-8-12;1-11-6-5-9-12(10-11)7-3-2-4-8-12/h2*11H,2-10H2,1H3. The third-order valence-corrected chi connectivity index (χ3v) is 8.35. The molecule has 0 bridgehead atoms. The van der Waals surface area contributed by atoms with Gasteiger partial charge < -0.3 is 0 Å². The van der Waals surface area contributed by atoms with Gasteiger partial charge in [-0.15, -0.1) is 0 Å². The number of hydrogen-bond donors (Lipinski definition) is 0. The molecule has 2 spiro atoms. The highest BCUT2D eigenvalue weighted by molar-refractivity contribution is 4.88. The van der Waals surface area contributed by atoms with Gasteiger partial charge in [0.1, 0.15) is 0 Å². The van der Waals surface area contributed by atoms with E-state index in [1.54, 1.807) is 51.4 Å². The van der Waals surface area contributed by atoms with Gasteiger partial charge in [-0.1, -0.05) is 78.1 Å². The lowest BCUT2D eigenvalue weighted by atomic mass is 9.63. The van der Waals surface area contributed by atoms with Gasteiger partial charge in [-0.25, -0.2) is 0 Å². The highest BCUT2D eigenvalue weighted by Crippen LogP contribution is 2.49. The fourth-order valence-corrected chi connectivity index (χ4v) is 6.70. The minimum Gasteiger partial charge on any atom is -0.0625 e. The first-order valence-electron chi connectivity index (χ1n) is 11.6. The van der Waals surface area contributed by atoms with Crippen LogP contribution in [0, 0.1) is 22.7 Å². The van der Waals surface area contributed by atoms with Crippen LogP contribution in [0.1, 0.15) is 129 Å². The first kappa shape index (κ1) is 18.8. The van der Waals surface area contributed by atoms with Crippen LogP contribution in [0.2, 0.25) is 0 Å². The van der Waals surface area contributed by atoms with Crippen LogP contribution in [0.5, 0.6) is 0 Å². The Morgan fingerprint density at radius 3 is 1.50 bits per heavy atom. The van der Waals surface area contributed by atoms with E-state index in [9.17, 15) is 0 Å². The smallest absolute Gasteiger partial charge is 0.0295 e. The van der Waals surface area contributed by atoms with Crippen LogP contribution in [0.25, 0.3) is 0 Å². The van der Waals surface area contributed by atoms with Crippen LogP contribution in [-0.2, 0) is 0 Å². The molecule has 4 saturated carbocycles. The van der Waals surface area contributed by atoms with Crippen LogP contribution in [-0.4, -0.2) is 0 Å². The molecule has 0 aliphatic heterocycles. The van der Waals surface area contributed by atoms with Crippen molar-refractivity contribution in [1.29, 1.82) is 0 Å². The summed E-state index contributed by atoms with van der Waals surface area (Å²) in [7, 11) is 0. The topological polar surface area (TPSA) is 0 Å². The fourth-order valence-electron chi connectivity index (χ4n) is 6.70. The van der Waals surface area contributed by atoms with Gasteiger partial charge in [0.05, 0.1) is 0 Å². The van der Waals surface area contributed by atoms with Crippen molar-refractivity contribution in [3.05, 3.63) is 0 Å². The Bertz CT molecular complexity index is 341. The van der Waals surface area contributed by atoms with Gasteiger partial charge in [-0.05, 0) is 74.0 Å². The maximum absolute atomic E-state index is 2.45. The molecule has 24 heavy (non-hydrogen) atoms. The van der Waals surface area contributed by atoms with E-state index in [0.29, 0.717) is 0 Å². The van der Waals surface area contributed by atoms with E-state index in [4.69, 9.17) is 0 Å². The lowest BCUT2D eigenvalue weighted by Gasteiger charge is -2.43. The Kier molecular flexibility index (Phi) is 6.72. The Hall–Kier alpha value is 0. The molecule has 0 aromatic carbocycles. The maximum atomic E-state index is 2.45. The van der Waals surface area contributed by atoms with E-state index >= 15 is 0 Å². The van der Waals surface area contributed by atoms with Crippen molar-refractivity contribution >= 4 is 0 Å². The molecular weight excluding hydrogens is 288 g/mol. The molecule has 0 nitrogen and oxygen atoms in total. The van der Waals surface area contributed by atoms with E-state index in [2.05, 4.69) is 13.8 Å². The van der Waals surface area contributed by atoms with Gasteiger partial charge in [0.2, 0.25) is 0 Å². The summed E-state index contributed by atoms with van der Waals surface area (Å²) in [5, 5.41) is 0. The molecule has 0 heteroatoms. The second-order valence-corrected chi connectivity index (χ2v) is 10.5. The normalized spacial score (nSPS) is 33.0. The number of hydrogen-bond acceptors (Lipinski definition) is 0. The van der Waals surface area contributed by atoms with Crippen molar-refractivity contribution in [2.45, 2.75) is 129 Å². The minimum absolute atomic E-state index is 0.829. The average molecular weight is 333 g/mol. The van der Waals surface area contributed by atoms with Crippen LogP contribution in [0.15, 0.2) is 0 Å². The van der Waals surface area contributed by atoms with Gasteiger partial charge in [-0.2, -0.15) is 0 Å². The van der Waals surface area contributed by atoms with E-state index in [-0.39, 0.29) is 0 Å². The summed E-state index contributed by atoms with van der Waals surface area (Å²) in [5.74, 6) is 2.05. The molecule has 0 heterocycles. The van der Waals surface area contributed by atoms with E-state index in [1.807, 2.05) is 0 Å². The summed E-state index contributed by atoms with van der Waals surface area (Å²) in [6.45, 7) is 4.88. The van der Waals surface area contributed by atoms with Gasteiger partial charge in [0.25, 0.3) is 0 Å².